The molecule has 0 aromatic heterocycles. The summed E-state index contributed by atoms with van der Waals surface area (Å²) in [6, 6.07) is 12.0. The number of nitrogens with one attached hydrogen (secondary N) is 1. The van der Waals surface area contributed by atoms with Crippen molar-refractivity contribution in [1.82, 2.24) is 0 Å². The zero-order chi connectivity index (χ0) is 19.6. The fraction of sp³-hybridized carbons (Fsp3) is 0.435. The second-order valence-corrected chi connectivity index (χ2v) is 6.73. The molecule has 0 heterocycles. The van der Waals surface area contributed by atoms with Gasteiger partial charge in [-0.05, 0) is 62.4 Å². The van der Waals surface area contributed by atoms with Gasteiger partial charge in [-0.1, -0.05) is 37.6 Å². The van der Waals surface area contributed by atoms with Gasteiger partial charge in [-0.3, -0.25) is 4.79 Å². The van der Waals surface area contributed by atoms with Crippen molar-refractivity contribution >= 4 is 11.6 Å². The number of aryl methyl sites for hydroxylation is 3. The van der Waals surface area contributed by atoms with Crippen molar-refractivity contribution < 1.29 is 14.3 Å². The molecule has 0 bridgehead atoms. The van der Waals surface area contributed by atoms with E-state index in [1.807, 2.05) is 57.2 Å². The van der Waals surface area contributed by atoms with Crippen LogP contribution in [0.4, 0.5) is 5.69 Å². The second kappa shape index (κ2) is 10.6. The minimum absolute atomic E-state index is 0.0219. The molecule has 146 valence electrons. The molecule has 0 aliphatic rings. The Kier molecular flexibility index (Phi) is 8.18. The third-order valence-corrected chi connectivity index (χ3v) is 4.45. The number of hydrogen-bond donors (Lipinski definition) is 1. The highest BCUT2D eigenvalue weighted by atomic mass is 16.5. The molecule has 27 heavy (non-hydrogen) atoms. The molecule has 0 fully saturated rings. The molecule has 0 atom stereocenters. The minimum Gasteiger partial charge on any atom is -0.490 e. The second-order valence-electron chi connectivity index (χ2n) is 6.73. The number of carbonyl (C=O) groups is 1. The Hall–Kier alpha value is -2.49. The largest absolute Gasteiger partial charge is 0.490 e. The van der Waals surface area contributed by atoms with Crippen LogP contribution in [-0.4, -0.2) is 19.1 Å². The maximum atomic E-state index is 12.4. The zero-order valence-corrected chi connectivity index (χ0v) is 16.9. The number of amides is 1. The Labute approximate surface area is 162 Å². The Morgan fingerprint density at radius 2 is 1.74 bits per heavy atom. The van der Waals surface area contributed by atoms with Crippen LogP contribution in [0, 0.1) is 13.8 Å². The van der Waals surface area contributed by atoms with Crippen molar-refractivity contribution in [3.63, 3.8) is 0 Å². The number of benzene rings is 2. The topological polar surface area (TPSA) is 47.6 Å². The van der Waals surface area contributed by atoms with Gasteiger partial charge in [0.2, 0.25) is 5.91 Å². The van der Waals surface area contributed by atoms with Crippen molar-refractivity contribution in [2.75, 3.05) is 18.5 Å². The summed E-state index contributed by atoms with van der Waals surface area (Å²) in [7, 11) is 0. The van der Waals surface area contributed by atoms with E-state index >= 15 is 0 Å². The molecule has 2 aromatic carbocycles. The van der Waals surface area contributed by atoms with Gasteiger partial charge in [0.25, 0.3) is 0 Å². The van der Waals surface area contributed by atoms with Gasteiger partial charge in [0.05, 0.1) is 13.2 Å². The maximum Gasteiger partial charge on any atom is 0.224 e. The van der Waals surface area contributed by atoms with Gasteiger partial charge in [0.1, 0.15) is 0 Å². The molecule has 1 amide bonds. The van der Waals surface area contributed by atoms with E-state index in [1.165, 1.54) is 0 Å². The summed E-state index contributed by atoms with van der Waals surface area (Å²) < 4.78 is 11.5. The lowest BCUT2D eigenvalue weighted by Crippen LogP contribution is -2.14. The molecule has 2 rings (SSSR count). The van der Waals surface area contributed by atoms with E-state index in [9.17, 15) is 4.79 Å². The number of anilines is 1. The monoisotopic (exact) mass is 369 g/mol. The zero-order valence-electron chi connectivity index (χ0n) is 16.9. The summed E-state index contributed by atoms with van der Waals surface area (Å²) in [6.07, 6.45) is 3.20. The van der Waals surface area contributed by atoms with Crippen molar-refractivity contribution in [3.8, 4) is 11.5 Å². The van der Waals surface area contributed by atoms with Crippen LogP contribution in [-0.2, 0) is 11.2 Å². The molecule has 1 N–H and O–H groups in total. The van der Waals surface area contributed by atoms with Crippen LogP contribution in [0.1, 0.15) is 49.8 Å². The average Bonchev–Trinajstić information content (AvgIpc) is 2.65. The van der Waals surface area contributed by atoms with Gasteiger partial charge in [0, 0.05) is 12.1 Å². The molecule has 0 spiro atoms. The molecule has 4 heteroatoms. The van der Waals surface area contributed by atoms with Crippen molar-refractivity contribution in [2.45, 2.75) is 53.4 Å². The Bertz CT molecular complexity index is 735. The molecular formula is C23H31NO3. The van der Waals surface area contributed by atoms with Crippen molar-refractivity contribution in [2.24, 2.45) is 0 Å². The summed E-state index contributed by atoms with van der Waals surface area (Å²) in [4.78, 5) is 12.4. The van der Waals surface area contributed by atoms with Crippen molar-refractivity contribution in [1.29, 1.82) is 0 Å². The normalized spacial score (nSPS) is 10.5. The number of ether oxygens (including phenoxy) is 2. The lowest BCUT2D eigenvalue weighted by molar-refractivity contribution is -0.116. The fourth-order valence-electron chi connectivity index (χ4n) is 2.89. The lowest BCUT2D eigenvalue weighted by Gasteiger charge is -2.14. The maximum absolute atomic E-state index is 12.4. The van der Waals surface area contributed by atoms with E-state index in [2.05, 4.69) is 12.2 Å². The quantitative estimate of drug-likeness (QED) is 0.566. The van der Waals surface area contributed by atoms with Crippen LogP contribution >= 0.6 is 0 Å². The van der Waals surface area contributed by atoms with Crippen LogP contribution in [0.15, 0.2) is 36.4 Å². The first kappa shape index (κ1) is 20.8. The van der Waals surface area contributed by atoms with Gasteiger partial charge in [-0.25, -0.2) is 0 Å². The van der Waals surface area contributed by atoms with Crippen LogP contribution in [0.3, 0.4) is 0 Å². The minimum atomic E-state index is 0.0219. The summed E-state index contributed by atoms with van der Waals surface area (Å²) >= 11 is 0. The Morgan fingerprint density at radius 1 is 1.00 bits per heavy atom. The summed E-state index contributed by atoms with van der Waals surface area (Å²) in [5.74, 6) is 1.55. The third-order valence-electron chi connectivity index (χ3n) is 4.45. The molecule has 0 aliphatic carbocycles. The van der Waals surface area contributed by atoms with E-state index < -0.39 is 0 Å². The predicted molar refractivity (Wildman–Crippen MR) is 111 cm³/mol. The van der Waals surface area contributed by atoms with Gasteiger partial charge in [-0.15, -0.1) is 0 Å². The number of rotatable bonds is 10. The number of carbonyl (C=O) groups excluding carboxylic acids is 1. The first-order chi connectivity index (χ1) is 13.0. The van der Waals surface area contributed by atoms with Gasteiger partial charge < -0.3 is 14.8 Å². The summed E-state index contributed by atoms with van der Waals surface area (Å²) in [6.45, 7) is 9.39. The van der Waals surface area contributed by atoms with E-state index in [0.717, 1.165) is 46.7 Å². The van der Waals surface area contributed by atoms with E-state index in [0.29, 0.717) is 26.1 Å². The molecule has 0 saturated heterocycles. The molecule has 0 unspecified atom stereocenters. The third kappa shape index (κ3) is 6.31. The van der Waals surface area contributed by atoms with Crippen LogP contribution in [0.5, 0.6) is 11.5 Å². The van der Waals surface area contributed by atoms with Gasteiger partial charge >= 0.3 is 0 Å². The van der Waals surface area contributed by atoms with Crippen molar-refractivity contribution in [3.05, 3.63) is 53.1 Å². The number of para-hydroxylation sites is 1. The Morgan fingerprint density at radius 3 is 2.41 bits per heavy atom. The lowest BCUT2D eigenvalue weighted by atomic mass is 10.1. The Balaban J connectivity index is 1.98. The molecule has 0 radical (unpaired) electrons. The highest BCUT2D eigenvalue weighted by Crippen LogP contribution is 2.29. The molecular weight excluding hydrogens is 338 g/mol. The number of hydrogen-bond acceptors (Lipinski definition) is 3. The summed E-state index contributed by atoms with van der Waals surface area (Å²) in [5.41, 5.74) is 4.14. The van der Waals surface area contributed by atoms with E-state index in [1.54, 1.807) is 0 Å². The van der Waals surface area contributed by atoms with Gasteiger partial charge in [0.15, 0.2) is 11.5 Å². The highest BCUT2D eigenvalue weighted by molar-refractivity contribution is 5.92. The highest BCUT2D eigenvalue weighted by Gasteiger charge is 2.10. The average molecular weight is 370 g/mol. The molecule has 4 nitrogen and oxygen atoms in total. The standard InChI is InChI=1S/C23H31NO3/c1-5-7-15-27-20-13-11-19(16-21(20)26-6-2)12-14-22(25)24-23-17(3)9-8-10-18(23)4/h8-11,13,16H,5-7,12,14-15H2,1-4H3,(H,24,25). The fourth-order valence-corrected chi connectivity index (χ4v) is 2.89. The first-order valence-electron chi connectivity index (χ1n) is 9.79. The number of unbranched alkanes of at least 4 members (excludes halogenated alkanes) is 1. The molecule has 0 aliphatic heterocycles. The van der Waals surface area contributed by atoms with E-state index in [4.69, 9.17) is 9.47 Å². The van der Waals surface area contributed by atoms with Gasteiger partial charge in [-0.2, -0.15) is 0 Å². The summed E-state index contributed by atoms with van der Waals surface area (Å²) in [5, 5.41) is 3.04. The van der Waals surface area contributed by atoms with E-state index in [-0.39, 0.29) is 5.91 Å². The smallest absolute Gasteiger partial charge is 0.224 e. The first-order valence-corrected chi connectivity index (χ1v) is 9.79. The van der Waals surface area contributed by atoms with Crippen LogP contribution in [0.25, 0.3) is 0 Å². The predicted octanol–water partition coefficient (Wildman–Crippen LogP) is 5.45. The molecule has 0 saturated carbocycles. The molecule has 2 aromatic rings. The van der Waals surface area contributed by atoms with Crippen LogP contribution < -0.4 is 14.8 Å². The van der Waals surface area contributed by atoms with Crippen LogP contribution in [0.2, 0.25) is 0 Å². The SMILES string of the molecule is CCCCOc1ccc(CCC(=O)Nc2c(C)cccc2C)cc1OCC.